The molecule has 0 aliphatic heterocycles. The van der Waals surface area contributed by atoms with Crippen LogP contribution in [-0.2, 0) is 0 Å². The maximum absolute atomic E-state index is 14.0. The predicted molar refractivity (Wildman–Crippen MR) is 220 cm³/mol. The van der Waals surface area contributed by atoms with E-state index in [1.54, 1.807) is 0 Å². The van der Waals surface area contributed by atoms with Gasteiger partial charge in [0.1, 0.15) is 5.82 Å². The normalized spacial score (nSPS) is 11.5. The Kier molecular flexibility index (Phi) is 7.36. The number of hydrogen-bond donors (Lipinski definition) is 0. The van der Waals surface area contributed by atoms with E-state index in [4.69, 9.17) is 0 Å². The summed E-state index contributed by atoms with van der Waals surface area (Å²) in [6, 6.07) is 69.7. The standard InChI is InChI=1S/C50H33FN2/c51-42-22-30-46(31-23-42)53-47-13-7-12-39-14-15-40-32-41(33-48(53)50(40)49(39)47)38-20-28-45(29-21-38)52(43-24-16-36(17-25-43)34-8-3-1-4-9-34)44-26-18-37(19-27-44)35-10-5-2-6-11-35/h1-33H. The third kappa shape index (κ3) is 5.42. The van der Waals surface area contributed by atoms with E-state index in [2.05, 4.69) is 173 Å². The van der Waals surface area contributed by atoms with Crippen LogP contribution in [0.3, 0.4) is 0 Å². The summed E-state index contributed by atoms with van der Waals surface area (Å²) < 4.78 is 16.3. The van der Waals surface area contributed by atoms with Gasteiger partial charge in [-0.2, -0.15) is 0 Å². The molecule has 1 heterocycles. The highest BCUT2D eigenvalue weighted by Crippen LogP contribution is 2.42. The summed E-state index contributed by atoms with van der Waals surface area (Å²) in [6.07, 6.45) is 0. The monoisotopic (exact) mass is 680 g/mol. The Morgan fingerprint density at radius 3 is 1.36 bits per heavy atom. The zero-order chi connectivity index (χ0) is 35.3. The first-order valence-electron chi connectivity index (χ1n) is 17.9. The first kappa shape index (κ1) is 30.8. The topological polar surface area (TPSA) is 8.17 Å². The van der Waals surface area contributed by atoms with Crippen LogP contribution >= 0.6 is 0 Å². The molecule has 0 aliphatic carbocycles. The van der Waals surface area contributed by atoms with Crippen molar-refractivity contribution < 1.29 is 4.39 Å². The molecule has 0 aliphatic rings. The average Bonchev–Trinajstić information content (AvgIpc) is 3.57. The van der Waals surface area contributed by atoms with Gasteiger partial charge in [0.2, 0.25) is 0 Å². The van der Waals surface area contributed by atoms with Gasteiger partial charge in [-0.15, -0.1) is 0 Å². The minimum atomic E-state index is -0.240. The van der Waals surface area contributed by atoms with Gasteiger partial charge in [-0.25, -0.2) is 4.39 Å². The molecule has 0 fully saturated rings. The third-order valence-corrected chi connectivity index (χ3v) is 10.4. The zero-order valence-electron chi connectivity index (χ0n) is 28.8. The van der Waals surface area contributed by atoms with Crippen molar-refractivity contribution in [1.29, 1.82) is 0 Å². The Morgan fingerprint density at radius 1 is 0.340 bits per heavy atom. The lowest BCUT2D eigenvalue weighted by Gasteiger charge is -2.26. The van der Waals surface area contributed by atoms with Crippen LogP contribution in [0, 0.1) is 5.82 Å². The van der Waals surface area contributed by atoms with Crippen LogP contribution in [-0.4, -0.2) is 4.57 Å². The highest BCUT2D eigenvalue weighted by atomic mass is 19.1. The number of nitrogens with zero attached hydrogens (tertiary/aromatic N) is 2. The summed E-state index contributed by atoms with van der Waals surface area (Å²) in [7, 11) is 0. The molecule has 0 amide bonds. The van der Waals surface area contributed by atoms with Crippen LogP contribution in [0.1, 0.15) is 0 Å². The van der Waals surface area contributed by atoms with Crippen LogP contribution in [0.25, 0.3) is 71.6 Å². The smallest absolute Gasteiger partial charge is 0.123 e. The fraction of sp³-hybridized carbons (Fsp3) is 0. The van der Waals surface area contributed by atoms with E-state index in [1.165, 1.54) is 55.9 Å². The number of aromatic nitrogens is 1. The molecule has 1 aromatic heterocycles. The minimum absolute atomic E-state index is 0.240. The van der Waals surface area contributed by atoms with Gasteiger partial charge in [-0.3, -0.25) is 0 Å². The molecule has 53 heavy (non-hydrogen) atoms. The molecule has 0 bridgehead atoms. The highest BCUT2D eigenvalue weighted by Gasteiger charge is 2.19. The summed E-state index contributed by atoms with van der Waals surface area (Å²) in [4.78, 5) is 2.32. The Labute approximate surface area is 307 Å². The van der Waals surface area contributed by atoms with E-state index in [1.807, 2.05) is 24.3 Å². The van der Waals surface area contributed by atoms with Crippen molar-refractivity contribution in [1.82, 2.24) is 4.57 Å². The molecular formula is C50H33FN2. The number of rotatable bonds is 7. The molecule has 10 rings (SSSR count). The van der Waals surface area contributed by atoms with E-state index in [0.29, 0.717) is 0 Å². The lowest BCUT2D eigenvalue weighted by atomic mass is 9.97. The van der Waals surface area contributed by atoms with Gasteiger partial charge in [0.15, 0.2) is 0 Å². The predicted octanol–water partition coefficient (Wildman–Crippen LogP) is 14.0. The van der Waals surface area contributed by atoms with Gasteiger partial charge in [-0.05, 0) is 123 Å². The van der Waals surface area contributed by atoms with E-state index < -0.39 is 0 Å². The van der Waals surface area contributed by atoms with Crippen LogP contribution in [0.2, 0.25) is 0 Å². The number of anilines is 3. The summed E-state index contributed by atoms with van der Waals surface area (Å²) in [6.45, 7) is 0. The van der Waals surface area contributed by atoms with Crippen LogP contribution < -0.4 is 4.90 Å². The fourth-order valence-corrected chi connectivity index (χ4v) is 7.85. The molecule has 0 radical (unpaired) electrons. The van der Waals surface area contributed by atoms with E-state index >= 15 is 0 Å². The molecule has 10 aromatic rings. The maximum Gasteiger partial charge on any atom is 0.123 e. The van der Waals surface area contributed by atoms with Crippen LogP contribution in [0.5, 0.6) is 0 Å². The first-order chi connectivity index (χ1) is 26.2. The van der Waals surface area contributed by atoms with Gasteiger partial charge in [-0.1, -0.05) is 121 Å². The van der Waals surface area contributed by atoms with Crippen molar-refractivity contribution >= 4 is 49.6 Å². The first-order valence-corrected chi connectivity index (χ1v) is 17.9. The second-order valence-corrected chi connectivity index (χ2v) is 13.6. The van der Waals surface area contributed by atoms with Gasteiger partial charge in [0.25, 0.3) is 0 Å². The second-order valence-electron chi connectivity index (χ2n) is 13.6. The fourth-order valence-electron chi connectivity index (χ4n) is 7.85. The summed E-state index contributed by atoms with van der Waals surface area (Å²) in [5.74, 6) is -0.240. The van der Waals surface area contributed by atoms with Gasteiger partial charge >= 0.3 is 0 Å². The van der Waals surface area contributed by atoms with Crippen molar-refractivity contribution in [3.05, 3.63) is 206 Å². The van der Waals surface area contributed by atoms with E-state index in [0.717, 1.165) is 44.9 Å². The number of benzene rings is 9. The lowest BCUT2D eigenvalue weighted by molar-refractivity contribution is 0.627. The molecule has 9 aromatic carbocycles. The molecule has 0 saturated carbocycles. The molecule has 0 atom stereocenters. The zero-order valence-corrected chi connectivity index (χ0v) is 28.8. The molecule has 0 saturated heterocycles. The lowest BCUT2D eigenvalue weighted by Crippen LogP contribution is -2.09. The number of hydrogen-bond acceptors (Lipinski definition) is 1. The van der Waals surface area contributed by atoms with Gasteiger partial charge < -0.3 is 9.47 Å². The highest BCUT2D eigenvalue weighted by molar-refractivity contribution is 6.25. The summed E-state index contributed by atoms with van der Waals surface area (Å²) in [5.41, 5.74) is 13.4. The van der Waals surface area contributed by atoms with E-state index in [-0.39, 0.29) is 5.82 Å². The SMILES string of the molecule is Fc1ccc(-n2c3cccc4ccc5cc(-c6ccc(N(c7ccc(-c8ccccc8)cc7)c7ccc(-c8ccccc8)cc7)cc6)cc2c5c43)cc1. The van der Waals surface area contributed by atoms with Gasteiger partial charge in [0.05, 0.1) is 11.0 Å². The molecule has 3 heteroatoms. The molecular weight excluding hydrogens is 648 g/mol. The Hall–Kier alpha value is -6.97. The van der Waals surface area contributed by atoms with Crippen LogP contribution in [0.4, 0.5) is 21.5 Å². The molecule has 0 spiro atoms. The average molecular weight is 681 g/mol. The van der Waals surface area contributed by atoms with Crippen LogP contribution in [0.15, 0.2) is 200 Å². The maximum atomic E-state index is 14.0. The van der Waals surface area contributed by atoms with Crippen molar-refractivity contribution in [2.75, 3.05) is 4.90 Å². The third-order valence-electron chi connectivity index (χ3n) is 10.4. The Morgan fingerprint density at radius 2 is 0.811 bits per heavy atom. The van der Waals surface area contributed by atoms with Crippen molar-refractivity contribution in [3.8, 4) is 39.1 Å². The molecule has 0 unspecified atom stereocenters. The summed E-state index contributed by atoms with van der Waals surface area (Å²) >= 11 is 0. The van der Waals surface area contributed by atoms with Crippen molar-refractivity contribution in [2.45, 2.75) is 0 Å². The van der Waals surface area contributed by atoms with Crippen molar-refractivity contribution in [3.63, 3.8) is 0 Å². The Bertz CT molecular complexity index is 2760. The molecule has 250 valence electrons. The Balaban J connectivity index is 1.07. The molecule has 2 nitrogen and oxygen atoms in total. The van der Waals surface area contributed by atoms with E-state index in [9.17, 15) is 4.39 Å². The number of halogens is 1. The van der Waals surface area contributed by atoms with Gasteiger partial charge in [0, 0.05) is 33.5 Å². The second kappa shape index (κ2) is 12.7. The quantitative estimate of drug-likeness (QED) is 0.152. The van der Waals surface area contributed by atoms with Crippen molar-refractivity contribution in [2.24, 2.45) is 0 Å². The summed E-state index contributed by atoms with van der Waals surface area (Å²) in [5, 5.41) is 4.85. The largest absolute Gasteiger partial charge is 0.311 e. The minimum Gasteiger partial charge on any atom is -0.311 e. The molecule has 0 N–H and O–H groups in total.